The average molecular weight is 350 g/mol. The van der Waals surface area contributed by atoms with E-state index in [0.717, 1.165) is 16.8 Å². The monoisotopic (exact) mass is 349 g/mol. The van der Waals surface area contributed by atoms with E-state index in [1.807, 2.05) is 0 Å². The number of hydrogen-bond donors (Lipinski definition) is 2. The third-order valence-electron chi connectivity index (χ3n) is 2.16. The van der Waals surface area contributed by atoms with Gasteiger partial charge in [-0.3, -0.25) is 4.72 Å². The molecule has 2 aromatic rings. The molecule has 0 unspecified atom stereocenters. The highest BCUT2D eigenvalue weighted by Crippen LogP contribution is 2.23. The van der Waals surface area contributed by atoms with Crippen LogP contribution >= 0.6 is 15.9 Å². The Balaban J connectivity index is 2.42. The quantitative estimate of drug-likeness (QED) is 0.807. The van der Waals surface area contributed by atoms with Crippen molar-refractivity contribution in [1.29, 1.82) is 0 Å². The van der Waals surface area contributed by atoms with Gasteiger partial charge in [0.1, 0.15) is 5.82 Å². The van der Waals surface area contributed by atoms with Crippen LogP contribution in [0, 0.1) is 5.82 Å². The van der Waals surface area contributed by atoms with Gasteiger partial charge in [0.2, 0.25) is 5.03 Å². The van der Waals surface area contributed by atoms with Gasteiger partial charge >= 0.3 is 0 Å². The van der Waals surface area contributed by atoms with Crippen molar-refractivity contribution in [3.63, 3.8) is 0 Å². The van der Waals surface area contributed by atoms with E-state index in [1.165, 1.54) is 13.1 Å². The van der Waals surface area contributed by atoms with Crippen molar-refractivity contribution in [2.45, 2.75) is 5.03 Å². The molecule has 2 rings (SSSR count). The fourth-order valence-electron chi connectivity index (χ4n) is 1.48. The van der Waals surface area contributed by atoms with Crippen molar-refractivity contribution < 1.29 is 12.8 Å². The lowest BCUT2D eigenvalue weighted by Gasteiger charge is -2.08. The van der Waals surface area contributed by atoms with E-state index in [0.29, 0.717) is 0 Å². The molecule has 0 aliphatic carbocycles. The third kappa shape index (κ3) is 2.84. The number of rotatable bonds is 3. The van der Waals surface area contributed by atoms with Gasteiger partial charge in [-0.15, -0.1) is 5.10 Å². The summed E-state index contributed by atoms with van der Waals surface area (Å²) in [7, 11) is -2.52. The lowest BCUT2D eigenvalue weighted by molar-refractivity contribution is 0.578. The lowest BCUT2D eigenvalue weighted by atomic mass is 10.3. The van der Waals surface area contributed by atoms with Crippen molar-refractivity contribution in [3.8, 4) is 0 Å². The highest BCUT2D eigenvalue weighted by Gasteiger charge is 2.24. The molecule has 0 saturated heterocycles. The van der Waals surface area contributed by atoms with Gasteiger partial charge in [-0.25, -0.2) is 9.07 Å². The number of nitrogens with two attached hydrogens (primary N) is 1. The number of anilines is 2. The summed E-state index contributed by atoms with van der Waals surface area (Å²) in [6.07, 6.45) is 0. The Kier molecular flexibility index (Phi) is 3.45. The molecule has 0 amide bonds. The van der Waals surface area contributed by atoms with Gasteiger partial charge in [-0.2, -0.15) is 8.42 Å². The van der Waals surface area contributed by atoms with Gasteiger partial charge in [0.05, 0.1) is 5.69 Å². The Morgan fingerprint density at radius 3 is 2.63 bits per heavy atom. The van der Waals surface area contributed by atoms with Crippen molar-refractivity contribution in [1.82, 2.24) is 15.0 Å². The topological polar surface area (TPSA) is 103 Å². The Morgan fingerprint density at radius 1 is 1.42 bits per heavy atom. The van der Waals surface area contributed by atoms with E-state index in [1.54, 1.807) is 0 Å². The Labute approximate surface area is 116 Å². The minimum Gasteiger partial charge on any atom is -0.399 e. The van der Waals surface area contributed by atoms with E-state index < -0.39 is 15.8 Å². The number of nitrogen functional groups attached to an aromatic ring is 1. The van der Waals surface area contributed by atoms with Crippen LogP contribution in [0.5, 0.6) is 0 Å². The van der Waals surface area contributed by atoms with Crippen molar-refractivity contribution >= 4 is 37.3 Å². The molecule has 0 aliphatic rings. The van der Waals surface area contributed by atoms with E-state index >= 15 is 0 Å². The summed E-state index contributed by atoms with van der Waals surface area (Å²) in [6.45, 7) is 0. The standard InChI is InChI=1S/C9H9BrFN5O2S/c1-16-9(8(10)13-15-16)19(17,18)14-7-3-5(11)2-6(12)4-7/h2-4,14H,12H2,1H3. The number of hydrogen-bond acceptors (Lipinski definition) is 5. The normalized spacial score (nSPS) is 11.5. The predicted molar refractivity (Wildman–Crippen MR) is 70.3 cm³/mol. The van der Waals surface area contributed by atoms with E-state index in [4.69, 9.17) is 5.73 Å². The fourth-order valence-corrected chi connectivity index (χ4v) is 3.62. The van der Waals surface area contributed by atoms with Crippen LogP contribution in [0.2, 0.25) is 0 Å². The highest BCUT2D eigenvalue weighted by molar-refractivity contribution is 9.10. The number of nitrogens with zero attached hydrogens (tertiary/aromatic N) is 3. The number of sulfonamides is 1. The number of halogens is 2. The molecule has 1 heterocycles. The van der Waals surface area contributed by atoms with Gasteiger partial charge in [0.25, 0.3) is 10.0 Å². The molecule has 0 bridgehead atoms. The minimum atomic E-state index is -3.95. The maximum Gasteiger partial charge on any atom is 0.281 e. The zero-order valence-electron chi connectivity index (χ0n) is 9.63. The molecule has 0 spiro atoms. The third-order valence-corrected chi connectivity index (χ3v) is 4.43. The van der Waals surface area contributed by atoms with Crippen LogP contribution in [0.4, 0.5) is 15.8 Å². The molecule has 0 fully saturated rings. The summed E-state index contributed by atoms with van der Waals surface area (Å²) in [5, 5.41) is 6.96. The maximum atomic E-state index is 13.2. The largest absolute Gasteiger partial charge is 0.399 e. The molecule has 0 atom stereocenters. The van der Waals surface area contributed by atoms with E-state index in [9.17, 15) is 12.8 Å². The second-order valence-electron chi connectivity index (χ2n) is 3.69. The van der Waals surface area contributed by atoms with Crippen LogP contribution in [-0.4, -0.2) is 23.4 Å². The molecule has 1 aromatic heterocycles. The zero-order valence-corrected chi connectivity index (χ0v) is 12.0. The predicted octanol–water partition coefficient (Wildman–Crippen LogP) is 1.10. The molecule has 0 radical (unpaired) electrons. The minimum absolute atomic E-state index is 0.0191. The highest BCUT2D eigenvalue weighted by atomic mass is 79.9. The van der Waals surface area contributed by atoms with Gasteiger partial charge in [-0.1, -0.05) is 5.21 Å². The first-order chi connectivity index (χ1) is 8.79. The first-order valence-corrected chi connectivity index (χ1v) is 7.21. The molecular weight excluding hydrogens is 341 g/mol. The lowest BCUT2D eigenvalue weighted by Crippen LogP contribution is -2.17. The first kappa shape index (κ1) is 13.7. The number of benzene rings is 1. The van der Waals surface area contributed by atoms with Gasteiger partial charge in [0, 0.05) is 12.7 Å². The Hall–Kier alpha value is -1.68. The van der Waals surface area contributed by atoms with Crippen molar-refractivity contribution in [2.24, 2.45) is 7.05 Å². The Bertz CT molecular complexity index is 690. The second kappa shape index (κ2) is 4.78. The number of aryl methyl sites for hydroxylation is 1. The summed E-state index contributed by atoms with van der Waals surface area (Å²) in [4.78, 5) is 0. The molecule has 19 heavy (non-hydrogen) atoms. The summed E-state index contributed by atoms with van der Waals surface area (Å²) in [5.74, 6) is -0.639. The van der Waals surface area contributed by atoms with Crippen molar-refractivity contribution in [3.05, 3.63) is 28.6 Å². The molecule has 3 N–H and O–H groups in total. The molecule has 7 nitrogen and oxygen atoms in total. The zero-order chi connectivity index (χ0) is 14.2. The molecule has 10 heteroatoms. The summed E-state index contributed by atoms with van der Waals surface area (Å²) in [6, 6.07) is 3.41. The SMILES string of the molecule is Cn1nnc(Br)c1S(=O)(=O)Nc1cc(N)cc(F)c1. The average Bonchev–Trinajstić information content (AvgIpc) is 2.56. The molecule has 1 aromatic carbocycles. The van der Waals surface area contributed by atoms with Crippen LogP contribution in [-0.2, 0) is 17.1 Å². The summed E-state index contributed by atoms with van der Waals surface area (Å²) >= 11 is 2.98. The molecule has 0 saturated carbocycles. The molecule has 102 valence electrons. The smallest absolute Gasteiger partial charge is 0.281 e. The van der Waals surface area contributed by atoms with Gasteiger partial charge in [-0.05, 0) is 34.1 Å². The Morgan fingerprint density at radius 2 is 2.11 bits per heavy atom. The van der Waals surface area contributed by atoms with Gasteiger partial charge < -0.3 is 5.73 Å². The number of nitrogens with one attached hydrogen (secondary N) is 1. The van der Waals surface area contributed by atoms with Crippen LogP contribution in [0.25, 0.3) is 0 Å². The van der Waals surface area contributed by atoms with E-state index in [-0.39, 0.29) is 21.0 Å². The molecular formula is C9H9BrFN5O2S. The van der Waals surface area contributed by atoms with Crippen LogP contribution in [0.15, 0.2) is 27.8 Å². The van der Waals surface area contributed by atoms with Crippen LogP contribution in [0.3, 0.4) is 0 Å². The fraction of sp³-hybridized carbons (Fsp3) is 0.111. The maximum absolute atomic E-state index is 13.2. The summed E-state index contributed by atoms with van der Waals surface area (Å²) < 4.78 is 40.7. The van der Waals surface area contributed by atoms with Crippen LogP contribution < -0.4 is 10.5 Å². The second-order valence-corrected chi connectivity index (χ2v) is 6.04. The summed E-state index contributed by atoms with van der Waals surface area (Å²) in [5.41, 5.74) is 5.57. The van der Waals surface area contributed by atoms with Gasteiger partial charge in [0.15, 0.2) is 4.60 Å². The van der Waals surface area contributed by atoms with Crippen molar-refractivity contribution in [2.75, 3.05) is 10.5 Å². The molecule has 0 aliphatic heterocycles. The number of aromatic nitrogens is 3. The van der Waals surface area contributed by atoms with E-state index in [2.05, 4.69) is 31.0 Å². The van der Waals surface area contributed by atoms with Crippen LogP contribution in [0.1, 0.15) is 0 Å². The first-order valence-electron chi connectivity index (χ1n) is 4.93.